The van der Waals surface area contributed by atoms with Crippen LogP contribution in [0.15, 0.2) is 79.0 Å². The third kappa shape index (κ3) is 4.32. The maximum absolute atomic E-state index is 10.8. The van der Waals surface area contributed by atoms with Gasteiger partial charge in [0.1, 0.15) is 5.75 Å². The van der Waals surface area contributed by atoms with E-state index in [0.717, 1.165) is 57.0 Å². The Morgan fingerprint density at radius 1 is 1.06 bits per heavy atom. The number of methoxy groups -OCH3 is 1. The SMILES string of the molecule is CC/C(=C(\c1ccc(C=CC(=O)O)cc1)c1ccc2[nH]ncc2c1)c1ccccc1OC. The zero-order valence-corrected chi connectivity index (χ0v) is 18.0. The van der Waals surface area contributed by atoms with E-state index in [-0.39, 0.29) is 0 Å². The van der Waals surface area contributed by atoms with Crippen LogP contribution in [-0.2, 0) is 4.79 Å². The number of aliphatic carboxylic acids is 1. The lowest BCUT2D eigenvalue weighted by atomic mass is 9.87. The average molecular weight is 425 g/mol. The van der Waals surface area contributed by atoms with Crippen LogP contribution in [0.5, 0.6) is 5.75 Å². The normalized spacial score (nSPS) is 12.2. The number of fused-ring (bicyclic) bond motifs is 1. The second-order valence-corrected chi connectivity index (χ2v) is 7.37. The highest BCUT2D eigenvalue weighted by Crippen LogP contribution is 2.38. The molecule has 0 saturated heterocycles. The number of hydrogen-bond donors (Lipinski definition) is 2. The van der Waals surface area contributed by atoms with E-state index in [0.29, 0.717) is 0 Å². The topological polar surface area (TPSA) is 75.2 Å². The minimum Gasteiger partial charge on any atom is -0.496 e. The van der Waals surface area contributed by atoms with Gasteiger partial charge in [-0.15, -0.1) is 0 Å². The van der Waals surface area contributed by atoms with Gasteiger partial charge < -0.3 is 9.84 Å². The minimum atomic E-state index is -0.965. The summed E-state index contributed by atoms with van der Waals surface area (Å²) in [6, 6.07) is 22.2. The number of nitrogens with one attached hydrogen (secondary N) is 1. The molecule has 5 heteroatoms. The Morgan fingerprint density at radius 3 is 2.53 bits per heavy atom. The van der Waals surface area contributed by atoms with Crippen molar-refractivity contribution >= 4 is 34.1 Å². The number of carbonyl (C=O) groups is 1. The first kappa shape index (κ1) is 21.1. The van der Waals surface area contributed by atoms with Crippen LogP contribution in [0.4, 0.5) is 0 Å². The number of hydrogen-bond acceptors (Lipinski definition) is 3. The van der Waals surface area contributed by atoms with Crippen molar-refractivity contribution in [2.45, 2.75) is 13.3 Å². The molecule has 0 aliphatic carbocycles. The molecule has 0 amide bonds. The minimum absolute atomic E-state index is 0.805. The summed E-state index contributed by atoms with van der Waals surface area (Å²) < 4.78 is 5.67. The molecular formula is C27H24N2O3. The van der Waals surface area contributed by atoms with Gasteiger partial charge in [0.25, 0.3) is 0 Å². The smallest absolute Gasteiger partial charge is 0.328 e. The number of rotatable bonds is 7. The predicted molar refractivity (Wildman–Crippen MR) is 128 cm³/mol. The van der Waals surface area contributed by atoms with E-state index in [1.54, 1.807) is 13.2 Å². The van der Waals surface area contributed by atoms with Gasteiger partial charge in [0, 0.05) is 17.0 Å². The molecule has 0 fully saturated rings. The van der Waals surface area contributed by atoms with Crippen LogP contribution in [0.3, 0.4) is 0 Å². The fourth-order valence-corrected chi connectivity index (χ4v) is 3.94. The molecule has 4 rings (SSSR count). The summed E-state index contributed by atoms with van der Waals surface area (Å²) in [5.41, 5.74) is 7.26. The molecule has 0 saturated carbocycles. The van der Waals surface area contributed by atoms with Gasteiger partial charge in [0.05, 0.1) is 18.8 Å². The number of allylic oxidation sites excluding steroid dienone is 1. The van der Waals surface area contributed by atoms with E-state index in [1.165, 1.54) is 5.57 Å². The van der Waals surface area contributed by atoms with Gasteiger partial charge in [-0.1, -0.05) is 55.5 Å². The Morgan fingerprint density at radius 2 is 1.81 bits per heavy atom. The molecule has 1 heterocycles. The number of aromatic nitrogens is 2. The summed E-state index contributed by atoms with van der Waals surface area (Å²) in [7, 11) is 1.69. The van der Waals surface area contributed by atoms with Crippen LogP contribution < -0.4 is 4.74 Å². The number of nitrogens with zero attached hydrogens (tertiary/aromatic N) is 1. The fourth-order valence-electron chi connectivity index (χ4n) is 3.94. The van der Waals surface area contributed by atoms with Crippen LogP contribution >= 0.6 is 0 Å². The molecule has 0 aliphatic heterocycles. The van der Waals surface area contributed by atoms with Crippen molar-refractivity contribution in [3.8, 4) is 5.75 Å². The number of benzene rings is 3. The number of ether oxygens (including phenoxy) is 1. The van der Waals surface area contributed by atoms with Gasteiger partial charge >= 0.3 is 5.97 Å². The summed E-state index contributed by atoms with van der Waals surface area (Å²) in [5, 5.41) is 17.1. The number of carboxylic acids is 1. The molecular weight excluding hydrogens is 400 g/mol. The van der Waals surface area contributed by atoms with Crippen molar-refractivity contribution in [2.24, 2.45) is 0 Å². The van der Waals surface area contributed by atoms with Crippen molar-refractivity contribution in [2.75, 3.05) is 7.11 Å². The average Bonchev–Trinajstić information content (AvgIpc) is 3.29. The van der Waals surface area contributed by atoms with Crippen molar-refractivity contribution in [1.29, 1.82) is 0 Å². The van der Waals surface area contributed by atoms with Crippen molar-refractivity contribution in [1.82, 2.24) is 10.2 Å². The standard InChI is InChI=1S/C27H24N2O3/c1-3-22(23-6-4-5-7-25(23)32-2)27(20-13-14-24-21(16-20)17-28-29-24)19-11-8-18(9-12-19)10-15-26(30)31/h4-17H,3H2,1-2H3,(H,28,29)(H,30,31)/b15-10?,27-22-. The van der Waals surface area contributed by atoms with E-state index in [1.807, 2.05) is 54.7 Å². The van der Waals surface area contributed by atoms with Gasteiger partial charge in [-0.3, -0.25) is 5.10 Å². The highest BCUT2D eigenvalue weighted by molar-refractivity contribution is 6.01. The maximum atomic E-state index is 10.8. The maximum Gasteiger partial charge on any atom is 0.328 e. The summed E-state index contributed by atoms with van der Waals surface area (Å²) in [6.07, 6.45) is 5.36. The molecule has 3 aromatic carbocycles. The van der Waals surface area contributed by atoms with E-state index in [9.17, 15) is 4.79 Å². The Balaban J connectivity index is 1.94. The first-order valence-electron chi connectivity index (χ1n) is 10.4. The largest absolute Gasteiger partial charge is 0.496 e. The molecule has 2 N–H and O–H groups in total. The quantitative estimate of drug-likeness (QED) is 0.280. The van der Waals surface area contributed by atoms with Gasteiger partial charge in [0.2, 0.25) is 0 Å². The molecule has 0 spiro atoms. The Bertz CT molecular complexity index is 1310. The monoisotopic (exact) mass is 424 g/mol. The highest BCUT2D eigenvalue weighted by Gasteiger charge is 2.16. The van der Waals surface area contributed by atoms with Crippen LogP contribution in [-0.4, -0.2) is 28.4 Å². The van der Waals surface area contributed by atoms with E-state index in [4.69, 9.17) is 9.84 Å². The lowest BCUT2D eigenvalue weighted by Crippen LogP contribution is -1.98. The summed E-state index contributed by atoms with van der Waals surface area (Å²) in [4.78, 5) is 10.8. The molecule has 4 aromatic rings. The summed E-state index contributed by atoms with van der Waals surface area (Å²) in [5.74, 6) is -0.139. The highest BCUT2D eigenvalue weighted by atomic mass is 16.5. The third-order valence-electron chi connectivity index (χ3n) is 5.43. The number of H-pyrrole nitrogens is 1. The van der Waals surface area contributed by atoms with E-state index in [2.05, 4.69) is 35.3 Å². The number of aromatic amines is 1. The van der Waals surface area contributed by atoms with Gasteiger partial charge in [-0.25, -0.2) is 4.79 Å². The van der Waals surface area contributed by atoms with Crippen molar-refractivity contribution < 1.29 is 14.6 Å². The van der Waals surface area contributed by atoms with E-state index < -0.39 is 5.97 Å². The second-order valence-electron chi connectivity index (χ2n) is 7.37. The summed E-state index contributed by atoms with van der Waals surface area (Å²) in [6.45, 7) is 2.14. The van der Waals surface area contributed by atoms with Crippen LogP contribution in [0.2, 0.25) is 0 Å². The molecule has 0 unspecified atom stereocenters. The Hall–Kier alpha value is -4.12. The second kappa shape index (κ2) is 9.35. The Labute approximate surface area is 186 Å². The molecule has 5 nitrogen and oxygen atoms in total. The zero-order chi connectivity index (χ0) is 22.5. The van der Waals surface area contributed by atoms with Crippen LogP contribution in [0, 0.1) is 0 Å². The van der Waals surface area contributed by atoms with E-state index >= 15 is 0 Å². The lowest BCUT2D eigenvalue weighted by molar-refractivity contribution is -0.131. The van der Waals surface area contributed by atoms with Gasteiger partial charge in [-0.05, 0) is 58.5 Å². The molecule has 160 valence electrons. The molecule has 32 heavy (non-hydrogen) atoms. The first-order chi connectivity index (χ1) is 15.6. The van der Waals surface area contributed by atoms with Gasteiger partial charge in [0.15, 0.2) is 0 Å². The van der Waals surface area contributed by atoms with Crippen LogP contribution in [0.1, 0.15) is 35.6 Å². The zero-order valence-electron chi connectivity index (χ0n) is 18.0. The molecule has 0 aliphatic rings. The lowest BCUT2D eigenvalue weighted by Gasteiger charge is -2.18. The predicted octanol–water partition coefficient (Wildman–Crippen LogP) is 6.04. The molecule has 1 aromatic heterocycles. The number of para-hydroxylation sites is 1. The first-order valence-corrected chi connectivity index (χ1v) is 10.4. The third-order valence-corrected chi connectivity index (χ3v) is 5.43. The molecule has 0 radical (unpaired) electrons. The summed E-state index contributed by atoms with van der Waals surface area (Å²) >= 11 is 0. The van der Waals surface area contributed by atoms with Crippen molar-refractivity contribution in [3.05, 3.63) is 101 Å². The van der Waals surface area contributed by atoms with Crippen molar-refractivity contribution in [3.63, 3.8) is 0 Å². The Kier molecular flexibility index (Phi) is 6.17. The molecule has 0 atom stereocenters. The van der Waals surface area contributed by atoms with Gasteiger partial charge in [-0.2, -0.15) is 5.10 Å². The number of carboxylic acid groups (broad SMARTS) is 1. The fraction of sp³-hybridized carbons (Fsp3) is 0.111. The van der Waals surface area contributed by atoms with Crippen LogP contribution in [0.25, 0.3) is 28.1 Å². The molecule has 0 bridgehead atoms.